The van der Waals surface area contributed by atoms with Gasteiger partial charge in [-0.2, -0.15) is 0 Å². The number of rotatable bonds is 4. The Morgan fingerprint density at radius 1 is 1.42 bits per heavy atom. The Hall–Kier alpha value is -1.49. The molecule has 5 heteroatoms. The van der Waals surface area contributed by atoms with Gasteiger partial charge in [0.1, 0.15) is 18.8 Å². The Kier molecular flexibility index (Phi) is 3.22. The van der Waals surface area contributed by atoms with E-state index in [9.17, 15) is 0 Å². The highest BCUT2D eigenvalue weighted by Gasteiger charge is 2.27. The van der Waals surface area contributed by atoms with Crippen LogP contribution in [-0.2, 0) is 6.54 Å². The molecule has 0 saturated carbocycles. The zero-order chi connectivity index (χ0) is 13.3. The molecule has 0 unspecified atom stereocenters. The summed E-state index contributed by atoms with van der Waals surface area (Å²) >= 11 is 0. The minimum atomic E-state index is 0.604. The summed E-state index contributed by atoms with van der Waals surface area (Å²) < 4.78 is 8.87. The second-order valence-corrected chi connectivity index (χ2v) is 5.86. The number of aryl methyl sites for hydroxylation is 1. The number of likely N-dealkylation sites (N-methyl/N-ethyl adjacent to an activating group) is 1. The number of hydrogen-bond acceptors (Lipinski definition) is 3. The highest BCUT2D eigenvalue weighted by atomic mass is 16.5. The van der Waals surface area contributed by atoms with Crippen LogP contribution >= 0.6 is 0 Å². The molecular formula is C14H23N4O+. The van der Waals surface area contributed by atoms with Crippen LogP contribution in [0.4, 0.5) is 5.69 Å². The van der Waals surface area contributed by atoms with E-state index < -0.39 is 0 Å². The van der Waals surface area contributed by atoms with Gasteiger partial charge in [-0.05, 0) is 12.5 Å². The molecule has 1 aromatic rings. The van der Waals surface area contributed by atoms with E-state index in [1.54, 1.807) is 0 Å². The van der Waals surface area contributed by atoms with E-state index >= 15 is 0 Å². The zero-order valence-corrected chi connectivity index (χ0v) is 11.6. The summed E-state index contributed by atoms with van der Waals surface area (Å²) in [4.78, 5) is 0. The van der Waals surface area contributed by atoms with Gasteiger partial charge in [0.25, 0.3) is 5.88 Å². The Labute approximate surface area is 114 Å². The van der Waals surface area contributed by atoms with Gasteiger partial charge in [0.15, 0.2) is 0 Å². The van der Waals surface area contributed by atoms with Gasteiger partial charge in [-0.15, -0.1) is 5.10 Å². The maximum Gasteiger partial charge on any atom is 0.257 e. The molecule has 2 N–H and O–H groups in total. The molecule has 5 nitrogen and oxygen atoms in total. The van der Waals surface area contributed by atoms with Gasteiger partial charge in [0.2, 0.25) is 0 Å². The maximum atomic E-state index is 6.09. The fourth-order valence-electron chi connectivity index (χ4n) is 3.00. The number of aromatic nitrogens is 2. The Bertz CT molecular complexity index is 486. The highest BCUT2D eigenvalue weighted by molar-refractivity contribution is 5.66. The van der Waals surface area contributed by atoms with Crippen molar-refractivity contribution in [1.29, 1.82) is 0 Å². The Balaban J connectivity index is 1.61. The Morgan fingerprint density at radius 3 is 2.95 bits per heavy atom. The van der Waals surface area contributed by atoms with Crippen LogP contribution in [0.3, 0.4) is 0 Å². The van der Waals surface area contributed by atoms with E-state index in [0.717, 1.165) is 29.7 Å². The molecule has 0 spiro atoms. The smallest absolute Gasteiger partial charge is 0.257 e. The van der Waals surface area contributed by atoms with Crippen molar-refractivity contribution >= 4 is 11.8 Å². The SMILES string of the molecule is C[N+]1(CCOc2nn3c(c2N)C=CCC3)CCCC1. The summed E-state index contributed by atoms with van der Waals surface area (Å²) in [5, 5.41) is 4.45. The number of nitrogens with zero attached hydrogens (tertiary/aromatic N) is 3. The number of ether oxygens (including phenoxy) is 1. The fourth-order valence-corrected chi connectivity index (χ4v) is 3.00. The molecule has 19 heavy (non-hydrogen) atoms. The number of nitrogen functional groups attached to an aromatic ring is 1. The molecule has 1 saturated heterocycles. The minimum absolute atomic E-state index is 0.604. The first-order valence-electron chi connectivity index (χ1n) is 7.17. The molecule has 0 aliphatic carbocycles. The first kappa shape index (κ1) is 12.5. The number of nitrogens with two attached hydrogens (primary N) is 1. The summed E-state index contributed by atoms with van der Waals surface area (Å²) in [6, 6.07) is 0. The third-order valence-electron chi connectivity index (χ3n) is 4.30. The quantitative estimate of drug-likeness (QED) is 0.838. The van der Waals surface area contributed by atoms with Crippen LogP contribution in [0.15, 0.2) is 6.08 Å². The summed E-state index contributed by atoms with van der Waals surface area (Å²) in [6.07, 6.45) is 7.85. The lowest BCUT2D eigenvalue weighted by atomic mass is 10.2. The van der Waals surface area contributed by atoms with Gasteiger partial charge in [0.05, 0.1) is 25.8 Å². The molecule has 0 radical (unpaired) electrons. The van der Waals surface area contributed by atoms with Crippen LogP contribution in [0.25, 0.3) is 6.08 Å². The second-order valence-electron chi connectivity index (χ2n) is 5.86. The lowest BCUT2D eigenvalue weighted by Crippen LogP contribution is -2.43. The van der Waals surface area contributed by atoms with Crippen LogP contribution in [0.5, 0.6) is 5.88 Å². The molecule has 1 aromatic heterocycles. The zero-order valence-electron chi connectivity index (χ0n) is 11.6. The van der Waals surface area contributed by atoms with Crippen molar-refractivity contribution in [3.63, 3.8) is 0 Å². The molecule has 2 aliphatic rings. The van der Waals surface area contributed by atoms with Crippen LogP contribution in [0, 0.1) is 0 Å². The predicted octanol–water partition coefficient (Wildman–Crippen LogP) is 1.50. The molecule has 0 aromatic carbocycles. The van der Waals surface area contributed by atoms with Crippen LogP contribution in [-0.4, -0.2) is 47.6 Å². The summed E-state index contributed by atoms with van der Waals surface area (Å²) in [5.74, 6) is 0.604. The van der Waals surface area contributed by atoms with Gasteiger partial charge in [0, 0.05) is 19.4 Å². The van der Waals surface area contributed by atoms with Crippen molar-refractivity contribution in [2.75, 3.05) is 39.0 Å². The summed E-state index contributed by atoms with van der Waals surface area (Å²) in [7, 11) is 2.31. The van der Waals surface area contributed by atoms with Gasteiger partial charge < -0.3 is 15.0 Å². The first-order chi connectivity index (χ1) is 9.18. The van der Waals surface area contributed by atoms with E-state index in [0.29, 0.717) is 18.2 Å². The van der Waals surface area contributed by atoms with Crippen molar-refractivity contribution < 1.29 is 9.22 Å². The molecule has 1 fully saturated rings. The monoisotopic (exact) mass is 263 g/mol. The van der Waals surface area contributed by atoms with Crippen molar-refractivity contribution in [1.82, 2.24) is 9.78 Å². The average Bonchev–Trinajstić information content (AvgIpc) is 2.96. The van der Waals surface area contributed by atoms with Crippen molar-refractivity contribution in [3.05, 3.63) is 11.8 Å². The van der Waals surface area contributed by atoms with Crippen molar-refractivity contribution in [2.45, 2.75) is 25.8 Å². The average molecular weight is 263 g/mol. The number of allylic oxidation sites excluding steroid dienone is 1. The normalized spacial score (nSPS) is 20.5. The molecule has 0 amide bonds. The van der Waals surface area contributed by atoms with Crippen molar-refractivity contribution in [2.24, 2.45) is 0 Å². The van der Waals surface area contributed by atoms with Gasteiger partial charge >= 0.3 is 0 Å². The topological polar surface area (TPSA) is 53.1 Å². The lowest BCUT2D eigenvalue weighted by molar-refractivity contribution is -0.897. The van der Waals surface area contributed by atoms with Crippen LogP contribution in [0.1, 0.15) is 25.0 Å². The number of likely N-dealkylation sites (tertiary alicyclic amines) is 1. The summed E-state index contributed by atoms with van der Waals surface area (Å²) in [6.45, 7) is 5.16. The van der Waals surface area contributed by atoms with E-state index in [1.165, 1.54) is 25.9 Å². The van der Waals surface area contributed by atoms with Gasteiger partial charge in [-0.1, -0.05) is 6.08 Å². The predicted molar refractivity (Wildman–Crippen MR) is 75.8 cm³/mol. The van der Waals surface area contributed by atoms with Crippen LogP contribution in [0.2, 0.25) is 0 Å². The van der Waals surface area contributed by atoms with Gasteiger partial charge in [-0.3, -0.25) is 4.68 Å². The largest absolute Gasteiger partial charge is 0.469 e. The third kappa shape index (κ3) is 2.47. The molecule has 3 heterocycles. The third-order valence-corrected chi connectivity index (χ3v) is 4.30. The van der Waals surface area contributed by atoms with E-state index in [2.05, 4.69) is 18.2 Å². The first-order valence-corrected chi connectivity index (χ1v) is 7.17. The second kappa shape index (κ2) is 4.89. The highest BCUT2D eigenvalue weighted by Crippen LogP contribution is 2.28. The van der Waals surface area contributed by atoms with E-state index in [4.69, 9.17) is 10.5 Å². The Morgan fingerprint density at radius 2 is 2.21 bits per heavy atom. The van der Waals surface area contributed by atoms with Crippen molar-refractivity contribution in [3.8, 4) is 5.88 Å². The fraction of sp³-hybridized carbons (Fsp3) is 0.643. The number of anilines is 1. The molecule has 104 valence electrons. The maximum absolute atomic E-state index is 6.09. The minimum Gasteiger partial charge on any atom is -0.469 e. The molecule has 3 rings (SSSR count). The summed E-state index contributed by atoms with van der Waals surface area (Å²) in [5.41, 5.74) is 7.76. The van der Waals surface area contributed by atoms with E-state index in [-0.39, 0.29) is 0 Å². The van der Waals surface area contributed by atoms with Gasteiger partial charge in [-0.25, -0.2) is 0 Å². The standard InChI is InChI=1S/C14H23N4O/c1-18(8-4-5-9-18)10-11-19-14-13(15)12-6-2-3-7-17(12)16-14/h2,6H,3-5,7-11,15H2,1H3/q+1. The number of fused-ring (bicyclic) bond motifs is 1. The van der Waals surface area contributed by atoms with E-state index in [1.807, 2.05) is 10.8 Å². The molecule has 0 bridgehead atoms. The molecular weight excluding hydrogens is 240 g/mol. The number of quaternary nitrogens is 1. The molecule has 0 atom stereocenters. The van der Waals surface area contributed by atoms with Crippen LogP contribution < -0.4 is 10.5 Å². The lowest BCUT2D eigenvalue weighted by Gasteiger charge is -2.28. The number of hydrogen-bond donors (Lipinski definition) is 1. The molecule has 2 aliphatic heterocycles.